The third-order valence-electron chi connectivity index (χ3n) is 6.73. The van der Waals surface area contributed by atoms with E-state index in [1.54, 1.807) is 6.07 Å². The van der Waals surface area contributed by atoms with Crippen LogP contribution < -0.4 is 20.5 Å². The number of amides is 4. The maximum atomic E-state index is 13.5. The Balaban J connectivity index is 1.71. The van der Waals surface area contributed by atoms with Gasteiger partial charge in [0.15, 0.2) is 11.5 Å². The summed E-state index contributed by atoms with van der Waals surface area (Å²) in [5.41, 5.74) is 7.01. The number of aliphatic hydroxyl groups is 1. The van der Waals surface area contributed by atoms with Gasteiger partial charge in [-0.15, -0.1) is 0 Å². The Hall–Kier alpha value is -4.20. The maximum Gasteiger partial charge on any atom is 0.242 e. The standard InChI is InChI=1S/C29H39N5O8/c1-21(23-6-4-3-5-7-23)34(27(37)16-31-15-22-8-9-24-25(14-22)42-20-41-24)19-29(39)32(10-12-35)18-28(38)33(11-13-40-2)17-26(30)36/h3-9,14,21,31,35H,10-13,15-20H2,1-2H3,(H2,30,36)/t21-/m1/s1. The summed E-state index contributed by atoms with van der Waals surface area (Å²) in [5.74, 6) is -0.797. The SMILES string of the molecule is COCCN(CC(N)=O)C(=O)CN(CCO)C(=O)CN(C(=O)CNCc1ccc2c(c1)OCO2)[C@H](C)c1ccccc1. The lowest BCUT2D eigenvalue weighted by molar-refractivity contribution is -0.146. The molecule has 3 rings (SSSR count). The zero-order valence-electron chi connectivity index (χ0n) is 24.0. The fourth-order valence-corrected chi connectivity index (χ4v) is 4.42. The van der Waals surface area contributed by atoms with E-state index in [0.717, 1.165) is 11.1 Å². The van der Waals surface area contributed by atoms with Crippen LogP contribution >= 0.6 is 0 Å². The van der Waals surface area contributed by atoms with Gasteiger partial charge in [-0.05, 0) is 30.2 Å². The Kier molecular flexibility index (Phi) is 12.5. The van der Waals surface area contributed by atoms with Crippen molar-refractivity contribution in [3.05, 3.63) is 59.7 Å². The Morgan fingerprint density at radius 1 is 0.952 bits per heavy atom. The van der Waals surface area contributed by atoms with Crippen molar-refractivity contribution in [2.45, 2.75) is 19.5 Å². The lowest BCUT2D eigenvalue weighted by Crippen LogP contribution is -2.51. The van der Waals surface area contributed by atoms with E-state index in [9.17, 15) is 24.3 Å². The molecule has 1 atom stereocenters. The monoisotopic (exact) mass is 585 g/mol. The number of rotatable bonds is 17. The Bertz CT molecular complexity index is 1210. The average Bonchev–Trinajstić information content (AvgIpc) is 3.45. The van der Waals surface area contributed by atoms with Crippen molar-refractivity contribution in [2.75, 3.05) is 66.4 Å². The van der Waals surface area contributed by atoms with Crippen molar-refractivity contribution in [1.29, 1.82) is 0 Å². The first-order valence-corrected chi connectivity index (χ1v) is 13.6. The summed E-state index contributed by atoms with van der Waals surface area (Å²) >= 11 is 0. The second kappa shape index (κ2) is 16.3. The summed E-state index contributed by atoms with van der Waals surface area (Å²) in [6.07, 6.45) is 0. The number of hydrogen-bond acceptors (Lipinski definition) is 9. The van der Waals surface area contributed by atoms with Crippen LogP contribution in [0.15, 0.2) is 48.5 Å². The highest BCUT2D eigenvalue weighted by atomic mass is 16.7. The molecule has 2 aromatic rings. The summed E-state index contributed by atoms with van der Waals surface area (Å²) in [5, 5.41) is 12.7. The molecule has 0 saturated carbocycles. The molecule has 0 bridgehead atoms. The van der Waals surface area contributed by atoms with Crippen molar-refractivity contribution in [2.24, 2.45) is 5.73 Å². The highest BCUT2D eigenvalue weighted by Crippen LogP contribution is 2.32. The summed E-state index contributed by atoms with van der Waals surface area (Å²) in [7, 11) is 1.46. The highest BCUT2D eigenvalue weighted by molar-refractivity contribution is 5.90. The van der Waals surface area contributed by atoms with Crippen molar-refractivity contribution in [3.63, 3.8) is 0 Å². The Morgan fingerprint density at radius 2 is 1.64 bits per heavy atom. The van der Waals surface area contributed by atoms with Crippen LogP contribution in [0.1, 0.15) is 24.1 Å². The van der Waals surface area contributed by atoms with Crippen LogP contribution in [0.2, 0.25) is 0 Å². The van der Waals surface area contributed by atoms with E-state index in [0.29, 0.717) is 18.0 Å². The molecule has 13 heteroatoms. The molecule has 0 aromatic heterocycles. The number of aliphatic hydroxyl groups excluding tert-OH is 1. The summed E-state index contributed by atoms with van der Waals surface area (Å²) in [6.45, 7) is 0.978. The van der Waals surface area contributed by atoms with Crippen molar-refractivity contribution >= 4 is 23.6 Å². The summed E-state index contributed by atoms with van der Waals surface area (Å²) in [4.78, 5) is 55.2. The number of nitrogens with two attached hydrogens (primary N) is 1. The molecule has 228 valence electrons. The predicted molar refractivity (Wildman–Crippen MR) is 152 cm³/mol. The van der Waals surface area contributed by atoms with Gasteiger partial charge >= 0.3 is 0 Å². The third kappa shape index (κ3) is 9.43. The minimum Gasteiger partial charge on any atom is -0.454 e. The van der Waals surface area contributed by atoms with Crippen LogP contribution in [0.3, 0.4) is 0 Å². The molecule has 42 heavy (non-hydrogen) atoms. The minimum atomic E-state index is -0.707. The summed E-state index contributed by atoms with van der Waals surface area (Å²) in [6, 6.07) is 14.3. The van der Waals surface area contributed by atoms with E-state index < -0.39 is 36.9 Å². The fraction of sp³-hybridized carbons (Fsp3) is 0.448. The lowest BCUT2D eigenvalue weighted by atomic mass is 10.1. The van der Waals surface area contributed by atoms with Gasteiger partial charge in [-0.2, -0.15) is 0 Å². The summed E-state index contributed by atoms with van der Waals surface area (Å²) < 4.78 is 15.7. The van der Waals surface area contributed by atoms with Gasteiger partial charge in [-0.3, -0.25) is 19.2 Å². The first-order chi connectivity index (χ1) is 20.2. The number of primary amides is 1. The molecular formula is C29H39N5O8. The van der Waals surface area contributed by atoms with E-state index in [1.165, 1.54) is 21.8 Å². The van der Waals surface area contributed by atoms with Gasteiger partial charge in [0, 0.05) is 26.7 Å². The van der Waals surface area contributed by atoms with Crippen LogP contribution in [0.4, 0.5) is 0 Å². The molecule has 0 fully saturated rings. The van der Waals surface area contributed by atoms with Crippen LogP contribution in [0.5, 0.6) is 11.5 Å². The number of hydrogen-bond donors (Lipinski definition) is 3. The molecule has 4 amide bonds. The molecule has 0 saturated heterocycles. The molecule has 1 heterocycles. The van der Waals surface area contributed by atoms with Gasteiger partial charge < -0.3 is 45.1 Å². The number of carbonyl (C=O) groups is 4. The van der Waals surface area contributed by atoms with Crippen molar-refractivity contribution < 1.29 is 38.5 Å². The molecule has 0 radical (unpaired) electrons. The molecule has 2 aromatic carbocycles. The second-order valence-corrected chi connectivity index (χ2v) is 9.71. The molecular weight excluding hydrogens is 546 g/mol. The predicted octanol–water partition coefficient (Wildman–Crippen LogP) is -0.124. The van der Waals surface area contributed by atoms with Crippen molar-refractivity contribution in [3.8, 4) is 11.5 Å². The highest BCUT2D eigenvalue weighted by Gasteiger charge is 2.28. The first-order valence-electron chi connectivity index (χ1n) is 13.6. The number of carbonyl (C=O) groups excluding carboxylic acids is 4. The molecule has 0 unspecified atom stereocenters. The quantitative estimate of drug-likeness (QED) is 0.230. The number of nitrogens with one attached hydrogen (secondary N) is 1. The first kappa shape index (κ1) is 32.3. The zero-order chi connectivity index (χ0) is 30.5. The normalized spacial score (nSPS) is 12.5. The van der Waals surface area contributed by atoms with Gasteiger partial charge in [0.05, 0.1) is 38.9 Å². The van der Waals surface area contributed by atoms with Gasteiger partial charge in [0.2, 0.25) is 30.4 Å². The van der Waals surface area contributed by atoms with Crippen LogP contribution in [0, 0.1) is 0 Å². The Labute approximate surface area is 245 Å². The third-order valence-corrected chi connectivity index (χ3v) is 6.73. The van der Waals surface area contributed by atoms with Gasteiger partial charge in [0.25, 0.3) is 0 Å². The van der Waals surface area contributed by atoms with Crippen LogP contribution in [-0.4, -0.2) is 110 Å². The number of methoxy groups -OCH3 is 1. The lowest BCUT2D eigenvalue weighted by Gasteiger charge is -2.32. The van der Waals surface area contributed by atoms with E-state index in [2.05, 4.69) is 5.32 Å². The van der Waals surface area contributed by atoms with E-state index in [-0.39, 0.29) is 52.0 Å². The molecule has 1 aliphatic rings. The van der Waals surface area contributed by atoms with Gasteiger partial charge in [-0.25, -0.2) is 0 Å². The van der Waals surface area contributed by atoms with E-state index in [4.69, 9.17) is 19.9 Å². The molecule has 1 aliphatic heterocycles. The van der Waals surface area contributed by atoms with Crippen molar-refractivity contribution in [1.82, 2.24) is 20.0 Å². The zero-order valence-corrected chi connectivity index (χ0v) is 24.0. The Morgan fingerprint density at radius 3 is 2.33 bits per heavy atom. The molecule has 0 aliphatic carbocycles. The fourth-order valence-electron chi connectivity index (χ4n) is 4.42. The maximum absolute atomic E-state index is 13.5. The van der Waals surface area contributed by atoms with Crippen LogP contribution in [-0.2, 0) is 30.5 Å². The average molecular weight is 586 g/mol. The molecule has 4 N–H and O–H groups in total. The molecule has 0 spiro atoms. The largest absolute Gasteiger partial charge is 0.454 e. The second-order valence-electron chi connectivity index (χ2n) is 9.71. The molecule has 13 nitrogen and oxygen atoms in total. The number of benzene rings is 2. The minimum absolute atomic E-state index is 0.0543. The van der Waals surface area contributed by atoms with E-state index >= 15 is 0 Å². The number of ether oxygens (including phenoxy) is 3. The van der Waals surface area contributed by atoms with E-state index in [1.807, 2.05) is 49.4 Å². The number of fused-ring (bicyclic) bond motifs is 1. The van der Waals surface area contributed by atoms with Gasteiger partial charge in [-0.1, -0.05) is 36.4 Å². The van der Waals surface area contributed by atoms with Gasteiger partial charge in [0.1, 0.15) is 6.54 Å². The topological polar surface area (TPSA) is 164 Å². The smallest absolute Gasteiger partial charge is 0.242 e. The van der Waals surface area contributed by atoms with Crippen LogP contribution in [0.25, 0.3) is 0 Å². The number of nitrogens with zero attached hydrogens (tertiary/aromatic N) is 3.